The van der Waals surface area contributed by atoms with E-state index in [4.69, 9.17) is 15.6 Å². The van der Waals surface area contributed by atoms with Gasteiger partial charge in [-0.2, -0.15) is 0 Å². The minimum atomic E-state index is -2.96. The molecule has 1 aliphatic heterocycles. The van der Waals surface area contributed by atoms with Crippen LogP contribution in [0.5, 0.6) is 5.75 Å². The Morgan fingerprint density at radius 1 is 1.44 bits per heavy atom. The van der Waals surface area contributed by atoms with Gasteiger partial charge in [0.05, 0.1) is 37.3 Å². The maximum absolute atomic E-state index is 13.0. The first kappa shape index (κ1) is 23.1. The molecule has 0 atom stereocenters. The van der Waals surface area contributed by atoms with Gasteiger partial charge in [-0.25, -0.2) is 13.8 Å². The second-order valence-electron chi connectivity index (χ2n) is 7.44. The van der Waals surface area contributed by atoms with Gasteiger partial charge in [-0.3, -0.25) is 14.6 Å². The van der Waals surface area contributed by atoms with Crippen LogP contribution in [0.2, 0.25) is 0 Å². The third-order valence-corrected chi connectivity index (χ3v) is 4.68. The number of fused-ring (bicyclic) bond motifs is 1. The average Bonchev–Trinajstić information content (AvgIpc) is 3.03. The van der Waals surface area contributed by atoms with Gasteiger partial charge >= 0.3 is 0 Å². The quantitative estimate of drug-likeness (QED) is 0.526. The van der Waals surface area contributed by atoms with Crippen LogP contribution in [0.4, 0.5) is 14.6 Å². The van der Waals surface area contributed by atoms with Gasteiger partial charge in [-0.1, -0.05) is 0 Å². The van der Waals surface area contributed by atoms with Crippen LogP contribution in [0.1, 0.15) is 34.1 Å². The molecule has 0 unspecified atom stereocenters. The molecule has 2 amide bonds. The molecule has 0 aromatic carbocycles. The van der Waals surface area contributed by atoms with Gasteiger partial charge in [0.15, 0.2) is 6.61 Å². The van der Waals surface area contributed by atoms with Crippen LogP contribution in [0.25, 0.3) is 0 Å². The Bertz CT molecular complexity index is 1070. The zero-order valence-electron chi connectivity index (χ0n) is 17.6. The lowest BCUT2D eigenvalue weighted by atomic mass is 10.1. The number of aliphatic hydroxyl groups is 1. The predicted molar refractivity (Wildman–Crippen MR) is 111 cm³/mol. The van der Waals surface area contributed by atoms with Crippen LogP contribution in [0.3, 0.4) is 0 Å². The highest BCUT2D eigenvalue weighted by atomic mass is 19.3. The molecule has 3 rings (SSSR count). The van der Waals surface area contributed by atoms with E-state index in [1.807, 2.05) is 0 Å². The largest absolute Gasteiger partial charge is 0.485 e. The Kier molecular flexibility index (Phi) is 6.68. The standard InChI is InChI=1S/C21H23F2N5O4/c1-12-7-13(26-8-17(12)32-11-21(2,22)23)9-28-10-15-14(20(28)31)3-5-25-18(15)27-19(30)16(24)4-6-29/h3-5,7-8,29H,6,9-11,24H2,1-2H3,(H,25,27,30)/b16-4-. The number of aryl methyl sites for hydroxylation is 1. The summed E-state index contributed by atoms with van der Waals surface area (Å²) in [5.41, 5.74) is 7.49. The summed E-state index contributed by atoms with van der Waals surface area (Å²) >= 11 is 0. The van der Waals surface area contributed by atoms with E-state index >= 15 is 0 Å². The second kappa shape index (κ2) is 9.27. The van der Waals surface area contributed by atoms with Crippen LogP contribution < -0.4 is 15.8 Å². The number of pyridine rings is 2. The van der Waals surface area contributed by atoms with E-state index < -0.39 is 18.4 Å². The number of halogens is 2. The number of amides is 2. The topological polar surface area (TPSA) is 131 Å². The lowest BCUT2D eigenvalue weighted by Crippen LogP contribution is -2.24. The number of aromatic nitrogens is 2. The predicted octanol–water partition coefficient (Wildman–Crippen LogP) is 1.75. The minimum absolute atomic E-state index is 0.165. The van der Waals surface area contributed by atoms with Crippen LogP contribution in [0.15, 0.2) is 36.3 Å². The number of aliphatic hydroxyl groups excluding tert-OH is 1. The van der Waals surface area contributed by atoms with Crippen LogP contribution in [-0.4, -0.2) is 50.9 Å². The van der Waals surface area contributed by atoms with Crippen molar-refractivity contribution < 1.29 is 28.2 Å². The number of hydrogen-bond acceptors (Lipinski definition) is 7. The van der Waals surface area contributed by atoms with Gasteiger partial charge in [-0.05, 0) is 30.7 Å². The normalized spacial score (nSPS) is 13.8. The van der Waals surface area contributed by atoms with Crippen molar-refractivity contribution in [2.75, 3.05) is 18.5 Å². The molecule has 0 fully saturated rings. The van der Waals surface area contributed by atoms with Gasteiger partial charge in [-0.15, -0.1) is 0 Å². The molecule has 2 aromatic heterocycles. The van der Waals surface area contributed by atoms with Crippen LogP contribution >= 0.6 is 0 Å². The fourth-order valence-electron chi connectivity index (χ4n) is 3.13. The highest BCUT2D eigenvalue weighted by Gasteiger charge is 2.31. The number of rotatable bonds is 8. The number of anilines is 1. The van der Waals surface area contributed by atoms with E-state index in [1.165, 1.54) is 17.3 Å². The molecule has 170 valence electrons. The molecule has 9 nitrogen and oxygen atoms in total. The maximum atomic E-state index is 13.0. The van der Waals surface area contributed by atoms with Crippen LogP contribution in [-0.2, 0) is 17.9 Å². The molecular weight excluding hydrogens is 424 g/mol. The highest BCUT2D eigenvalue weighted by molar-refractivity contribution is 6.05. The maximum Gasteiger partial charge on any atom is 0.278 e. The number of hydrogen-bond donors (Lipinski definition) is 3. The number of nitrogens with zero attached hydrogens (tertiary/aromatic N) is 3. The van der Waals surface area contributed by atoms with E-state index in [1.54, 1.807) is 19.1 Å². The lowest BCUT2D eigenvalue weighted by Gasteiger charge is -2.17. The lowest BCUT2D eigenvalue weighted by molar-refractivity contribution is -0.113. The first-order chi connectivity index (χ1) is 15.1. The molecule has 3 heterocycles. The molecule has 0 radical (unpaired) electrons. The zero-order chi connectivity index (χ0) is 23.5. The van der Waals surface area contributed by atoms with Gasteiger partial charge in [0.25, 0.3) is 17.7 Å². The van der Waals surface area contributed by atoms with Gasteiger partial charge in [0.2, 0.25) is 0 Å². The molecule has 4 N–H and O–H groups in total. The first-order valence-electron chi connectivity index (χ1n) is 9.70. The van der Waals surface area contributed by atoms with E-state index in [0.29, 0.717) is 22.4 Å². The van der Waals surface area contributed by atoms with Crippen molar-refractivity contribution in [3.8, 4) is 5.75 Å². The van der Waals surface area contributed by atoms with E-state index in [9.17, 15) is 18.4 Å². The van der Waals surface area contributed by atoms with Crippen LogP contribution in [0, 0.1) is 6.92 Å². The Hall–Kier alpha value is -3.60. The molecule has 11 heteroatoms. The molecule has 0 spiro atoms. The van der Waals surface area contributed by atoms with Crippen molar-refractivity contribution in [1.82, 2.24) is 14.9 Å². The Morgan fingerprint density at radius 3 is 2.84 bits per heavy atom. The van der Waals surface area contributed by atoms with Crippen molar-refractivity contribution in [3.63, 3.8) is 0 Å². The molecular formula is C21H23F2N5O4. The minimum Gasteiger partial charge on any atom is -0.485 e. The molecule has 0 aliphatic carbocycles. The smallest absolute Gasteiger partial charge is 0.278 e. The number of carbonyl (C=O) groups excluding carboxylic acids is 2. The van der Waals surface area contributed by atoms with Crippen molar-refractivity contribution in [2.45, 2.75) is 32.9 Å². The summed E-state index contributed by atoms with van der Waals surface area (Å²) in [6, 6.07) is 3.22. The number of carbonyl (C=O) groups is 2. The van der Waals surface area contributed by atoms with E-state index in [0.717, 1.165) is 13.0 Å². The summed E-state index contributed by atoms with van der Waals surface area (Å²) in [6.07, 6.45) is 3.91. The van der Waals surface area contributed by atoms with E-state index in [2.05, 4.69) is 15.3 Å². The summed E-state index contributed by atoms with van der Waals surface area (Å²) in [5, 5.41) is 11.4. The Labute approximate surface area is 182 Å². The number of ether oxygens (including phenoxy) is 1. The van der Waals surface area contributed by atoms with E-state index in [-0.39, 0.29) is 42.9 Å². The van der Waals surface area contributed by atoms with Gasteiger partial charge in [0.1, 0.15) is 11.6 Å². The molecule has 32 heavy (non-hydrogen) atoms. The number of alkyl halides is 2. The zero-order valence-corrected chi connectivity index (χ0v) is 17.6. The molecule has 0 saturated carbocycles. The molecule has 2 aromatic rings. The fraction of sp³-hybridized carbons (Fsp3) is 0.333. The van der Waals surface area contributed by atoms with Crippen molar-refractivity contribution >= 4 is 17.6 Å². The van der Waals surface area contributed by atoms with Crippen molar-refractivity contribution in [2.24, 2.45) is 5.73 Å². The number of nitrogens with two attached hydrogens (primary N) is 1. The Morgan fingerprint density at radius 2 is 2.19 bits per heavy atom. The monoisotopic (exact) mass is 447 g/mol. The summed E-state index contributed by atoms with van der Waals surface area (Å²) in [4.78, 5) is 34.8. The summed E-state index contributed by atoms with van der Waals surface area (Å²) in [6.45, 7) is 1.68. The molecule has 1 aliphatic rings. The third kappa shape index (κ3) is 5.35. The number of nitrogens with one attached hydrogen (secondary N) is 1. The molecule has 0 bridgehead atoms. The van der Waals surface area contributed by atoms with Crippen molar-refractivity contribution in [1.29, 1.82) is 0 Å². The Balaban J connectivity index is 1.73. The summed E-state index contributed by atoms with van der Waals surface area (Å²) < 4.78 is 31.1. The highest BCUT2D eigenvalue weighted by Crippen LogP contribution is 2.29. The fourth-order valence-corrected chi connectivity index (χ4v) is 3.13. The second-order valence-corrected chi connectivity index (χ2v) is 7.44. The molecule has 0 saturated heterocycles. The van der Waals surface area contributed by atoms with Gasteiger partial charge < -0.3 is 25.8 Å². The average molecular weight is 447 g/mol. The SMILES string of the molecule is Cc1cc(CN2Cc3c(ccnc3NC(=O)/C(N)=C/CO)C2=O)ncc1OCC(C)(F)F. The summed E-state index contributed by atoms with van der Waals surface area (Å²) in [5.74, 6) is -3.42. The third-order valence-electron chi connectivity index (χ3n) is 4.68. The first-order valence-corrected chi connectivity index (χ1v) is 9.70. The van der Waals surface area contributed by atoms with Gasteiger partial charge in [0, 0.05) is 24.2 Å². The van der Waals surface area contributed by atoms with Crippen molar-refractivity contribution in [3.05, 3.63) is 58.7 Å². The summed E-state index contributed by atoms with van der Waals surface area (Å²) in [7, 11) is 0.